The largest absolute Gasteiger partial charge is 0.395 e. The summed E-state index contributed by atoms with van der Waals surface area (Å²) >= 11 is 0. The van der Waals surface area contributed by atoms with E-state index in [0.717, 1.165) is 24.5 Å². The number of aromatic nitrogens is 1. The van der Waals surface area contributed by atoms with Crippen molar-refractivity contribution in [2.75, 3.05) is 24.6 Å². The first kappa shape index (κ1) is 15.0. The molecule has 4 nitrogen and oxygen atoms in total. The monoisotopic (exact) mass is 275 g/mol. The van der Waals surface area contributed by atoms with Crippen molar-refractivity contribution in [1.82, 2.24) is 10.3 Å². The third kappa shape index (κ3) is 4.32. The maximum absolute atomic E-state index is 9.19. The number of hydrogen-bond acceptors (Lipinski definition) is 4. The summed E-state index contributed by atoms with van der Waals surface area (Å²) in [5.41, 5.74) is 2.37. The minimum absolute atomic E-state index is 0.127. The maximum Gasteiger partial charge on any atom is 0.129 e. The molecule has 1 aromatic rings. The first-order chi connectivity index (χ1) is 9.76. The van der Waals surface area contributed by atoms with Gasteiger partial charge in [-0.05, 0) is 37.0 Å². The fraction of sp³-hybridized carbons (Fsp3) is 0.562. The molecule has 0 aromatic carbocycles. The molecule has 1 aromatic heterocycles. The first-order valence-corrected chi connectivity index (χ1v) is 7.46. The third-order valence-electron chi connectivity index (χ3n) is 3.50. The number of nitrogens with zero attached hydrogens (tertiary/aromatic N) is 2. The Kier molecular flexibility index (Phi) is 5.56. The van der Waals surface area contributed by atoms with E-state index in [4.69, 9.17) is 0 Å². The highest BCUT2D eigenvalue weighted by molar-refractivity contribution is 5.43. The number of aliphatic hydroxyl groups excluding tert-OH is 1. The molecule has 0 unspecified atom stereocenters. The van der Waals surface area contributed by atoms with Gasteiger partial charge in [0.05, 0.1) is 6.61 Å². The molecular formula is C16H25N3O. The van der Waals surface area contributed by atoms with E-state index in [1.807, 2.05) is 6.08 Å². The van der Waals surface area contributed by atoms with Crippen LogP contribution in [0.4, 0.5) is 5.82 Å². The molecule has 0 amide bonds. The Balaban J connectivity index is 2.15. The van der Waals surface area contributed by atoms with Crippen LogP contribution in [-0.4, -0.2) is 35.8 Å². The molecule has 0 bridgehead atoms. The van der Waals surface area contributed by atoms with Crippen LogP contribution in [0.1, 0.15) is 31.0 Å². The molecule has 0 radical (unpaired) electrons. The summed E-state index contributed by atoms with van der Waals surface area (Å²) in [6, 6.07) is 5.00. The molecule has 0 saturated heterocycles. The Bertz CT molecular complexity index is 443. The molecule has 2 N–H and O–H groups in total. The zero-order valence-corrected chi connectivity index (χ0v) is 12.3. The Morgan fingerprint density at radius 2 is 2.30 bits per heavy atom. The number of aryl methyl sites for hydroxylation is 1. The highest BCUT2D eigenvalue weighted by Crippen LogP contribution is 2.21. The van der Waals surface area contributed by atoms with Crippen LogP contribution < -0.4 is 10.2 Å². The van der Waals surface area contributed by atoms with Gasteiger partial charge in [-0.1, -0.05) is 13.0 Å². The fourth-order valence-corrected chi connectivity index (χ4v) is 2.20. The summed E-state index contributed by atoms with van der Waals surface area (Å²) in [5, 5.41) is 12.7. The summed E-state index contributed by atoms with van der Waals surface area (Å²) in [6.07, 6.45) is 5.36. The molecule has 110 valence electrons. The SMILES string of the molecule is C=CCN(CCO)c1cc(CNC2CC2)cc(CC)n1. The van der Waals surface area contributed by atoms with Gasteiger partial charge in [0.1, 0.15) is 5.82 Å². The fourth-order valence-electron chi connectivity index (χ4n) is 2.20. The maximum atomic E-state index is 9.19. The van der Waals surface area contributed by atoms with Crippen LogP contribution >= 0.6 is 0 Å². The number of pyridine rings is 1. The Labute approximate surface area is 121 Å². The number of nitrogens with one attached hydrogen (secondary N) is 1. The molecule has 2 rings (SSSR count). The van der Waals surface area contributed by atoms with Gasteiger partial charge in [0.25, 0.3) is 0 Å². The Morgan fingerprint density at radius 3 is 2.90 bits per heavy atom. The second-order valence-electron chi connectivity index (χ2n) is 5.29. The summed E-state index contributed by atoms with van der Waals surface area (Å²) in [6.45, 7) is 8.21. The van der Waals surface area contributed by atoms with Crippen LogP contribution in [-0.2, 0) is 13.0 Å². The van der Waals surface area contributed by atoms with E-state index in [9.17, 15) is 5.11 Å². The van der Waals surface area contributed by atoms with Gasteiger partial charge in [0.15, 0.2) is 0 Å². The normalized spacial score (nSPS) is 14.3. The molecule has 4 heteroatoms. The van der Waals surface area contributed by atoms with E-state index >= 15 is 0 Å². The van der Waals surface area contributed by atoms with E-state index in [1.165, 1.54) is 18.4 Å². The topological polar surface area (TPSA) is 48.4 Å². The minimum Gasteiger partial charge on any atom is -0.395 e. The lowest BCUT2D eigenvalue weighted by Gasteiger charge is -2.22. The average molecular weight is 275 g/mol. The molecule has 1 fully saturated rings. The van der Waals surface area contributed by atoms with Crippen LogP contribution in [0.25, 0.3) is 0 Å². The summed E-state index contributed by atoms with van der Waals surface area (Å²) in [7, 11) is 0. The third-order valence-corrected chi connectivity index (χ3v) is 3.50. The van der Waals surface area contributed by atoms with Crippen molar-refractivity contribution in [1.29, 1.82) is 0 Å². The van der Waals surface area contributed by atoms with Gasteiger partial charge < -0.3 is 15.3 Å². The molecule has 0 spiro atoms. The van der Waals surface area contributed by atoms with Crippen LogP contribution in [0.3, 0.4) is 0 Å². The van der Waals surface area contributed by atoms with Gasteiger partial charge in [-0.3, -0.25) is 0 Å². The number of anilines is 1. The lowest BCUT2D eigenvalue weighted by atomic mass is 10.2. The summed E-state index contributed by atoms with van der Waals surface area (Å²) in [5.74, 6) is 0.936. The second kappa shape index (κ2) is 7.41. The van der Waals surface area contributed by atoms with Gasteiger partial charge in [-0.25, -0.2) is 4.98 Å². The van der Waals surface area contributed by atoms with Gasteiger partial charge in [-0.15, -0.1) is 6.58 Å². The Hall–Kier alpha value is -1.39. The molecule has 20 heavy (non-hydrogen) atoms. The number of hydrogen-bond donors (Lipinski definition) is 2. The molecule has 1 aliphatic rings. The van der Waals surface area contributed by atoms with Crippen molar-refractivity contribution in [3.05, 3.63) is 36.0 Å². The standard InChI is InChI=1S/C16H25N3O/c1-3-7-19(8-9-20)16-11-13(10-14(4-2)18-16)12-17-15-5-6-15/h3,10-11,15,17,20H,1,4-9,12H2,2H3. The van der Waals surface area contributed by atoms with E-state index < -0.39 is 0 Å². The van der Waals surface area contributed by atoms with Crippen molar-refractivity contribution in [3.63, 3.8) is 0 Å². The van der Waals surface area contributed by atoms with Crippen LogP contribution in [0.5, 0.6) is 0 Å². The summed E-state index contributed by atoms with van der Waals surface area (Å²) < 4.78 is 0. The van der Waals surface area contributed by atoms with Gasteiger partial charge in [0, 0.05) is 31.4 Å². The zero-order valence-electron chi connectivity index (χ0n) is 12.3. The molecule has 0 aliphatic heterocycles. The minimum atomic E-state index is 0.127. The quantitative estimate of drug-likeness (QED) is 0.676. The predicted octanol–water partition coefficient (Wildman–Crippen LogP) is 1.88. The second-order valence-corrected chi connectivity index (χ2v) is 5.29. The molecule has 1 aliphatic carbocycles. The molecule has 1 saturated carbocycles. The van der Waals surface area contributed by atoms with Crippen LogP contribution in [0.2, 0.25) is 0 Å². The van der Waals surface area contributed by atoms with E-state index in [2.05, 4.69) is 40.8 Å². The van der Waals surface area contributed by atoms with Crippen molar-refractivity contribution in [2.24, 2.45) is 0 Å². The average Bonchev–Trinajstić information content (AvgIpc) is 3.29. The van der Waals surface area contributed by atoms with E-state index in [1.54, 1.807) is 0 Å². The highest BCUT2D eigenvalue weighted by atomic mass is 16.3. The molecule has 0 atom stereocenters. The van der Waals surface area contributed by atoms with Gasteiger partial charge in [0.2, 0.25) is 0 Å². The van der Waals surface area contributed by atoms with E-state index in [0.29, 0.717) is 19.1 Å². The molecule has 1 heterocycles. The number of rotatable bonds is 9. The van der Waals surface area contributed by atoms with Gasteiger partial charge in [-0.2, -0.15) is 0 Å². The van der Waals surface area contributed by atoms with Crippen molar-refractivity contribution < 1.29 is 5.11 Å². The lowest BCUT2D eigenvalue weighted by Crippen LogP contribution is -2.28. The van der Waals surface area contributed by atoms with Crippen LogP contribution in [0.15, 0.2) is 24.8 Å². The van der Waals surface area contributed by atoms with Crippen LogP contribution in [0, 0.1) is 0 Å². The summed E-state index contributed by atoms with van der Waals surface area (Å²) in [4.78, 5) is 6.73. The van der Waals surface area contributed by atoms with Crippen molar-refractivity contribution >= 4 is 5.82 Å². The Morgan fingerprint density at radius 1 is 1.50 bits per heavy atom. The van der Waals surface area contributed by atoms with Crippen molar-refractivity contribution in [2.45, 2.75) is 38.8 Å². The van der Waals surface area contributed by atoms with Crippen molar-refractivity contribution in [3.8, 4) is 0 Å². The molecular weight excluding hydrogens is 250 g/mol. The van der Waals surface area contributed by atoms with Gasteiger partial charge >= 0.3 is 0 Å². The first-order valence-electron chi connectivity index (χ1n) is 7.46. The zero-order chi connectivity index (χ0) is 14.4. The number of aliphatic hydroxyl groups is 1. The van der Waals surface area contributed by atoms with E-state index in [-0.39, 0.29) is 6.61 Å². The highest BCUT2D eigenvalue weighted by Gasteiger charge is 2.20. The predicted molar refractivity (Wildman–Crippen MR) is 83.0 cm³/mol. The smallest absolute Gasteiger partial charge is 0.129 e. The lowest BCUT2D eigenvalue weighted by molar-refractivity contribution is 0.302.